The molecule has 5 heteroatoms. The molecule has 0 atom stereocenters. The standard InChI is InChI=1S/C29H32N4O/c30-25-13-7-8-20-16-17-21(32-28(20)25)9-1-2-10-22(34)18-19-31-29-23-11-3-5-14-26(23)33-27-15-6-4-12-24(27)29/h3,5,7-8,11,13-14,16-17H,1-2,4,6,9-10,12,15,18-19,30H2,(H,31,33). The van der Waals surface area contributed by atoms with Gasteiger partial charge in [-0.1, -0.05) is 36.4 Å². The van der Waals surface area contributed by atoms with Crippen LogP contribution in [0.3, 0.4) is 0 Å². The first-order valence-electron chi connectivity index (χ1n) is 12.5. The molecule has 5 nitrogen and oxygen atoms in total. The number of nitrogens with two attached hydrogens (primary N) is 1. The Labute approximate surface area is 200 Å². The molecule has 0 fully saturated rings. The molecule has 174 valence electrons. The number of unbranched alkanes of at least 4 members (excludes halogenated alkanes) is 1. The zero-order valence-corrected chi connectivity index (χ0v) is 19.6. The third kappa shape index (κ3) is 4.89. The first-order valence-corrected chi connectivity index (χ1v) is 12.5. The normalized spacial score (nSPS) is 13.2. The van der Waals surface area contributed by atoms with Gasteiger partial charge in [-0.15, -0.1) is 0 Å². The molecule has 3 N–H and O–H groups in total. The second-order valence-corrected chi connectivity index (χ2v) is 9.28. The summed E-state index contributed by atoms with van der Waals surface area (Å²) in [5.41, 5.74) is 13.5. The molecule has 1 aliphatic rings. The van der Waals surface area contributed by atoms with E-state index in [1.807, 2.05) is 24.3 Å². The van der Waals surface area contributed by atoms with Gasteiger partial charge in [-0.05, 0) is 68.7 Å². The number of fused-ring (bicyclic) bond motifs is 3. The molecule has 0 unspecified atom stereocenters. The number of pyridine rings is 2. The van der Waals surface area contributed by atoms with Gasteiger partial charge < -0.3 is 11.1 Å². The highest BCUT2D eigenvalue weighted by molar-refractivity contribution is 5.94. The Bertz CT molecular complexity index is 1330. The minimum Gasteiger partial charge on any atom is -0.397 e. The van der Waals surface area contributed by atoms with Gasteiger partial charge in [0, 0.05) is 47.2 Å². The van der Waals surface area contributed by atoms with Gasteiger partial charge in [-0.25, -0.2) is 0 Å². The fourth-order valence-electron chi connectivity index (χ4n) is 5.00. The Morgan fingerprint density at radius 1 is 0.912 bits per heavy atom. The third-order valence-electron chi connectivity index (χ3n) is 6.82. The quantitative estimate of drug-likeness (QED) is 0.239. The molecule has 2 aromatic heterocycles. The molecule has 2 aromatic carbocycles. The average molecular weight is 453 g/mol. The van der Waals surface area contributed by atoms with Crippen molar-refractivity contribution >= 4 is 39.0 Å². The molecule has 34 heavy (non-hydrogen) atoms. The van der Waals surface area contributed by atoms with Crippen LogP contribution in [-0.2, 0) is 24.1 Å². The second-order valence-electron chi connectivity index (χ2n) is 9.28. The predicted molar refractivity (Wildman–Crippen MR) is 140 cm³/mol. The molecule has 0 saturated carbocycles. The topological polar surface area (TPSA) is 80.9 Å². The second kappa shape index (κ2) is 10.2. The summed E-state index contributed by atoms with van der Waals surface area (Å²) in [5, 5.41) is 5.83. The van der Waals surface area contributed by atoms with Crippen molar-refractivity contribution in [3.8, 4) is 0 Å². The largest absolute Gasteiger partial charge is 0.397 e. The molecule has 1 aliphatic carbocycles. The molecule has 0 radical (unpaired) electrons. The number of carbonyl (C=O) groups is 1. The van der Waals surface area contributed by atoms with Crippen molar-refractivity contribution in [2.24, 2.45) is 0 Å². The van der Waals surface area contributed by atoms with E-state index in [0.29, 0.717) is 30.9 Å². The Hall–Kier alpha value is -3.47. The fraction of sp³-hybridized carbons (Fsp3) is 0.345. The van der Waals surface area contributed by atoms with E-state index >= 15 is 0 Å². The van der Waals surface area contributed by atoms with Crippen LogP contribution >= 0.6 is 0 Å². The van der Waals surface area contributed by atoms with E-state index in [1.165, 1.54) is 35.2 Å². The van der Waals surface area contributed by atoms with Crippen LogP contribution in [0.5, 0.6) is 0 Å². The van der Waals surface area contributed by atoms with Gasteiger partial charge in [0.15, 0.2) is 0 Å². The average Bonchev–Trinajstić information content (AvgIpc) is 2.86. The maximum atomic E-state index is 12.5. The lowest BCUT2D eigenvalue weighted by atomic mass is 9.92. The summed E-state index contributed by atoms with van der Waals surface area (Å²) in [5.74, 6) is 0.315. The molecule has 0 aliphatic heterocycles. The predicted octanol–water partition coefficient (Wildman–Crippen LogP) is 6.03. The molecule has 0 amide bonds. The molecular formula is C29H32N4O. The summed E-state index contributed by atoms with van der Waals surface area (Å²) in [7, 11) is 0. The van der Waals surface area contributed by atoms with Gasteiger partial charge in [0.1, 0.15) is 5.78 Å². The minimum absolute atomic E-state index is 0.315. The summed E-state index contributed by atoms with van der Waals surface area (Å²) >= 11 is 0. The molecule has 0 spiro atoms. The lowest BCUT2D eigenvalue weighted by Crippen LogP contribution is -2.14. The van der Waals surface area contributed by atoms with Gasteiger partial charge >= 0.3 is 0 Å². The smallest absolute Gasteiger partial charge is 0.134 e. The Morgan fingerprint density at radius 3 is 2.74 bits per heavy atom. The number of hydrogen-bond donors (Lipinski definition) is 2. The van der Waals surface area contributed by atoms with E-state index in [2.05, 4.69) is 35.6 Å². The number of hydrogen-bond acceptors (Lipinski definition) is 5. The number of aryl methyl sites for hydroxylation is 2. The Kier molecular flexibility index (Phi) is 6.70. The lowest BCUT2D eigenvalue weighted by molar-refractivity contribution is -0.118. The summed E-state index contributed by atoms with van der Waals surface area (Å²) in [6.07, 6.45) is 8.40. The minimum atomic E-state index is 0.315. The first kappa shape index (κ1) is 22.3. The van der Waals surface area contributed by atoms with Gasteiger partial charge in [0.25, 0.3) is 0 Å². The van der Waals surface area contributed by atoms with Crippen LogP contribution in [0.25, 0.3) is 21.8 Å². The fourth-order valence-corrected chi connectivity index (χ4v) is 5.00. The summed E-state index contributed by atoms with van der Waals surface area (Å²) < 4.78 is 0. The van der Waals surface area contributed by atoms with E-state index in [4.69, 9.17) is 15.7 Å². The van der Waals surface area contributed by atoms with Crippen LogP contribution in [0.15, 0.2) is 54.6 Å². The van der Waals surface area contributed by atoms with Crippen LogP contribution in [0.2, 0.25) is 0 Å². The van der Waals surface area contributed by atoms with Crippen LogP contribution in [0.1, 0.15) is 55.5 Å². The van der Waals surface area contributed by atoms with Crippen molar-refractivity contribution < 1.29 is 4.79 Å². The summed E-state index contributed by atoms with van der Waals surface area (Å²) in [4.78, 5) is 22.1. The number of nitrogens with zero attached hydrogens (tertiary/aromatic N) is 2. The highest BCUT2D eigenvalue weighted by Gasteiger charge is 2.18. The van der Waals surface area contributed by atoms with Gasteiger partial charge in [0.2, 0.25) is 0 Å². The summed E-state index contributed by atoms with van der Waals surface area (Å²) in [6.45, 7) is 0.671. The Morgan fingerprint density at radius 2 is 1.79 bits per heavy atom. The van der Waals surface area contributed by atoms with Gasteiger partial charge in [0.05, 0.1) is 16.7 Å². The van der Waals surface area contributed by atoms with Crippen molar-refractivity contribution in [3.05, 3.63) is 71.5 Å². The van der Waals surface area contributed by atoms with Crippen LogP contribution in [-0.4, -0.2) is 22.3 Å². The number of nitrogens with one attached hydrogen (secondary N) is 1. The van der Waals surface area contributed by atoms with E-state index < -0.39 is 0 Å². The SMILES string of the molecule is Nc1cccc2ccc(CCCCC(=O)CCNc3c4c(nc5ccccc35)CCCC4)nc12. The van der Waals surface area contributed by atoms with Gasteiger partial charge in [-0.3, -0.25) is 14.8 Å². The molecule has 5 rings (SSSR count). The van der Waals surface area contributed by atoms with Crippen LogP contribution < -0.4 is 11.1 Å². The number of rotatable bonds is 9. The van der Waals surface area contributed by atoms with Crippen molar-refractivity contribution in [2.75, 3.05) is 17.6 Å². The van der Waals surface area contributed by atoms with E-state index in [1.54, 1.807) is 0 Å². The van der Waals surface area contributed by atoms with Crippen molar-refractivity contribution in [2.45, 2.75) is 57.8 Å². The number of Topliss-reactive ketones (excluding diaryl/α,β-unsaturated/α-hetero) is 1. The van der Waals surface area contributed by atoms with E-state index in [9.17, 15) is 4.79 Å². The number of nitrogen functional groups attached to an aromatic ring is 1. The van der Waals surface area contributed by atoms with Crippen molar-refractivity contribution in [1.29, 1.82) is 0 Å². The number of anilines is 2. The number of para-hydroxylation sites is 2. The summed E-state index contributed by atoms with van der Waals surface area (Å²) in [6, 6.07) is 18.3. The highest BCUT2D eigenvalue weighted by Crippen LogP contribution is 2.33. The van der Waals surface area contributed by atoms with Crippen LogP contribution in [0.4, 0.5) is 11.4 Å². The van der Waals surface area contributed by atoms with Gasteiger partial charge in [-0.2, -0.15) is 0 Å². The third-order valence-corrected chi connectivity index (χ3v) is 6.82. The number of carbonyl (C=O) groups excluding carboxylic acids is 1. The Balaban J connectivity index is 1.12. The number of aromatic nitrogens is 2. The zero-order chi connectivity index (χ0) is 23.3. The molecule has 4 aromatic rings. The maximum Gasteiger partial charge on any atom is 0.134 e. The van der Waals surface area contributed by atoms with E-state index in [-0.39, 0.29) is 0 Å². The maximum absolute atomic E-state index is 12.5. The first-order chi connectivity index (χ1) is 16.7. The molecule has 0 saturated heterocycles. The van der Waals surface area contributed by atoms with Crippen molar-refractivity contribution in [1.82, 2.24) is 9.97 Å². The van der Waals surface area contributed by atoms with E-state index in [0.717, 1.165) is 54.2 Å². The molecule has 2 heterocycles. The molecular weight excluding hydrogens is 420 g/mol. The zero-order valence-electron chi connectivity index (χ0n) is 19.6. The van der Waals surface area contributed by atoms with Crippen molar-refractivity contribution in [3.63, 3.8) is 0 Å². The number of ketones is 1. The van der Waals surface area contributed by atoms with Crippen LogP contribution in [0, 0.1) is 0 Å². The molecule has 0 bridgehead atoms. The lowest BCUT2D eigenvalue weighted by Gasteiger charge is -2.21. The monoisotopic (exact) mass is 452 g/mol. The highest BCUT2D eigenvalue weighted by atomic mass is 16.1. The number of benzene rings is 2.